The molecule has 0 saturated heterocycles. The summed E-state index contributed by atoms with van der Waals surface area (Å²) in [6.07, 6.45) is 0. The number of rotatable bonds is 4. The molecule has 0 spiro atoms. The predicted molar refractivity (Wildman–Crippen MR) is 87.9 cm³/mol. The third kappa shape index (κ3) is 4.82. The van der Waals surface area contributed by atoms with Crippen LogP contribution in [0.15, 0.2) is 36.4 Å². The van der Waals surface area contributed by atoms with E-state index in [0.29, 0.717) is 5.56 Å². The van der Waals surface area contributed by atoms with Crippen molar-refractivity contribution >= 4 is 5.91 Å². The number of aryl methyl sites for hydroxylation is 2. The Balaban J connectivity index is 1.79. The lowest BCUT2D eigenvalue weighted by atomic mass is 10.1. The molecule has 1 amide bonds. The average molecular weight is 329 g/mol. The van der Waals surface area contributed by atoms with Gasteiger partial charge in [-0.05, 0) is 49.2 Å². The standard InChI is InChI=1S/C19H17F2NO2/c1-13-5-6-15(11-14(13)2)19(23)22-9-3-4-10-24-18-8-7-16(20)12-17(18)21/h5-8,11-12H,9-10H2,1-2H3,(H,22,23). The number of hydrogen-bond donors (Lipinski definition) is 1. The van der Waals surface area contributed by atoms with E-state index in [-0.39, 0.29) is 24.8 Å². The van der Waals surface area contributed by atoms with Crippen molar-refractivity contribution in [1.29, 1.82) is 0 Å². The molecule has 0 aliphatic rings. The molecule has 0 heterocycles. The maximum absolute atomic E-state index is 13.3. The van der Waals surface area contributed by atoms with Crippen LogP contribution in [0, 0.1) is 37.3 Å². The van der Waals surface area contributed by atoms with E-state index in [4.69, 9.17) is 4.74 Å². The van der Waals surface area contributed by atoms with Crippen LogP contribution in [0.25, 0.3) is 0 Å². The van der Waals surface area contributed by atoms with E-state index >= 15 is 0 Å². The highest BCUT2D eigenvalue weighted by molar-refractivity contribution is 5.94. The third-order valence-corrected chi connectivity index (χ3v) is 3.43. The first-order valence-electron chi connectivity index (χ1n) is 7.36. The molecule has 2 rings (SSSR count). The molecule has 124 valence electrons. The third-order valence-electron chi connectivity index (χ3n) is 3.43. The van der Waals surface area contributed by atoms with Crippen molar-refractivity contribution in [2.45, 2.75) is 13.8 Å². The second-order valence-corrected chi connectivity index (χ2v) is 5.20. The van der Waals surface area contributed by atoms with Crippen LogP contribution in [-0.2, 0) is 0 Å². The van der Waals surface area contributed by atoms with Gasteiger partial charge in [-0.15, -0.1) is 0 Å². The molecule has 0 fully saturated rings. The van der Waals surface area contributed by atoms with Gasteiger partial charge < -0.3 is 10.1 Å². The Hall–Kier alpha value is -2.87. The lowest BCUT2D eigenvalue weighted by Crippen LogP contribution is -2.23. The number of amides is 1. The number of nitrogens with one attached hydrogen (secondary N) is 1. The second kappa shape index (κ2) is 8.11. The van der Waals surface area contributed by atoms with E-state index < -0.39 is 11.6 Å². The maximum Gasteiger partial charge on any atom is 0.252 e. The van der Waals surface area contributed by atoms with Gasteiger partial charge in [0.25, 0.3) is 5.91 Å². The summed E-state index contributed by atoms with van der Waals surface area (Å²) in [5.74, 6) is 3.65. The molecule has 0 atom stereocenters. The van der Waals surface area contributed by atoms with Gasteiger partial charge in [-0.1, -0.05) is 17.9 Å². The minimum atomic E-state index is -0.778. The summed E-state index contributed by atoms with van der Waals surface area (Å²) in [5.41, 5.74) is 2.74. The molecule has 0 saturated carbocycles. The highest BCUT2D eigenvalue weighted by Crippen LogP contribution is 2.17. The van der Waals surface area contributed by atoms with Crippen molar-refractivity contribution in [3.05, 3.63) is 64.7 Å². The van der Waals surface area contributed by atoms with Gasteiger partial charge >= 0.3 is 0 Å². The van der Waals surface area contributed by atoms with Gasteiger partial charge in [-0.25, -0.2) is 8.78 Å². The van der Waals surface area contributed by atoms with Gasteiger partial charge in [-0.3, -0.25) is 4.79 Å². The Morgan fingerprint density at radius 2 is 1.88 bits per heavy atom. The molecule has 24 heavy (non-hydrogen) atoms. The number of ether oxygens (including phenoxy) is 1. The largest absolute Gasteiger partial charge is 0.478 e. The Kier molecular flexibility index (Phi) is 5.91. The monoisotopic (exact) mass is 329 g/mol. The number of halogens is 2. The fourth-order valence-electron chi connectivity index (χ4n) is 1.93. The summed E-state index contributed by atoms with van der Waals surface area (Å²) >= 11 is 0. The zero-order chi connectivity index (χ0) is 17.5. The number of carbonyl (C=O) groups is 1. The van der Waals surface area contributed by atoms with E-state index in [1.54, 1.807) is 6.07 Å². The summed E-state index contributed by atoms with van der Waals surface area (Å²) in [4.78, 5) is 11.9. The highest BCUT2D eigenvalue weighted by atomic mass is 19.1. The number of benzene rings is 2. The van der Waals surface area contributed by atoms with Crippen molar-refractivity contribution < 1.29 is 18.3 Å². The van der Waals surface area contributed by atoms with Crippen molar-refractivity contribution in [3.8, 4) is 17.6 Å². The average Bonchev–Trinajstić information content (AvgIpc) is 2.54. The SMILES string of the molecule is Cc1ccc(C(=O)NCC#CCOc2ccc(F)cc2F)cc1C. The van der Waals surface area contributed by atoms with Crippen molar-refractivity contribution in [1.82, 2.24) is 5.32 Å². The number of carbonyl (C=O) groups excluding carboxylic acids is 1. The van der Waals surface area contributed by atoms with Gasteiger partial charge in [0.1, 0.15) is 12.4 Å². The van der Waals surface area contributed by atoms with Crippen LogP contribution < -0.4 is 10.1 Å². The Morgan fingerprint density at radius 3 is 2.58 bits per heavy atom. The summed E-state index contributed by atoms with van der Waals surface area (Å²) in [7, 11) is 0. The first kappa shape index (κ1) is 17.5. The van der Waals surface area contributed by atoms with Crippen LogP contribution in [0.5, 0.6) is 5.75 Å². The Bertz CT molecular complexity index is 807. The van der Waals surface area contributed by atoms with Crippen LogP contribution in [-0.4, -0.2) is 19.1 Å². The first-order chi connectivity index (χ1) is 11.5. The minimum Gasteiger partial charge on any atom is -0.478 e. The molecule has 1 N–H and O–H groups in total. The van der Waals surface area contributed by atoms with E-state index in [1.165, 1.54) is 6.07 Å². The minimum absolute atomic E-state index is 0.0535. The van der Waals surface area contributed by atoms with Gasteiger partial charge in [0.05, 0.1) is 6.54 Å². The molecule has 0 radical (unpaired) electrons. The van der Waals surface area contributed by atoms with E-state index in [1.807, 2.05) is 26.0 Å². The summed E-state index contributed by atoms with van der Waals surface area (Å²) in [6, 6.07) is 8.51. The molecular weight excluding hydrogens is 312 g/mol. The van der Waals surface area contributed by atoms with E-state index in [2.05, 4.69) is 17.2 Å². The van der Waals surface area contributed by atoms with Gasteiger partial charge in [-0.2, -0.15) is 0 Å². The molecule has 5 heteroatoms. The van der Waals surface area contributed by atoms with E-state index in [0.717, 1.165) is 23.3 Å². The quantitative estimate of drug-likeness (QED) is 0.873. The first-order valence-corrected chi connectivity index (χ1v) is 7.36. The fourth-order valence-corrected chi connectivity index (χ4v) is 1.93. The van der Waals surface area contributed by atoms with Gasteiger partial charge in [0.15, 0.2) is 11.6 Å². The summed E-state index contributed by atoms with van der Waals surface area (Å²) < 4.78 is 31.1. The Morgan fingerprint density at radius 1 is 1.08 bits per heavy atom. The topological polar surface area (TPSA) is 38.3 Å². The maximum atomic E-state index is 13.3. The lowest BCUT2D eigenvalue weighted by Gasteiger charge is -2.05. The normalized spacial score (nSPS) is 9.83. The summed E-state index contributed by atoms with van der Waals surface area (Å²) in [6.45, 7) is 4.02. The van der Waals surface area contributed by atoms with Crippen molar-refractivity contribution in [3.63, 3.8) is 0 Å². The van der Waals surface area contributed by atoms with Crippen LogP contribution in [0.4, 0.5) is 8.78 Å². The van der Waals surface area contributed by atoms with Crippen LogP contribution in [0.2, 0.25) is 0 Å². The van der Waals surface area contributed by atoms with Crippen molar-refractivity contribution in [2.75, 3.05) is 13.2 Å². The van der Waals surface area contributed by atoms with Crippen LogP contribution in [0.3, 0.4) is 0 Å². The van der Waals surface area contributed by atoms with Crippen LogP contribution in [0.1, 0.15) is 21.5 Å². The molecule has 0 unspecified atom stereocenters. The van der Waals surface area contributed by atoms with Crippen LogP contribution >= 0.6 is 0 Å². The molecular formula is C19H17F2NO2. The molecule has 0 aromatic heterocycles. The van der Waals surface area contributed by atoms with Gasteiger partial charge in [0.2, 0.25) is 0 Å². The Labute approximate surface area is 139 Å². The molecule has 2 aromatic carbocycles. The smallest absolute Gasteiger partial charge is 0.252 e. The zero-order valence-corrected chi connectivity index (χ0v) is 13.5. The zero-order valence-electron chi connectivity index (χ0n) is 13.5. The molecule has 3 nitrogen and oxygen atoms in total. The molecule has 2 aromatic rings. The van der Waals surface area contributed by atoms with Crippen molar-refractivity contribution in [2.24, 2.45) is 0 Å². The predicted octanol–water partition coefficient (Wildman–Crippen LogP) is 3.39. The molecule has 0 aliphatic heterocycles. The molecule has 0 bridgehead atoms. The van der Waals surface area contributed by atoms with E-state index in [9.17, 15) is 13.6 Å². The summed E-state index contributed by atoms with van der Waals surface area (Å²) in [5, 5.41) is 2.67. The number of hydrogen-bond acceptors (Lipinski definition) is 2. The van der Waals surface area contributed by atoms with Gasteiger partial charge in [0, 0.05) is 11.6 Å². The second-order valence-electron chi connectivity index (χ2n) is 5.20. The highest BCUT2D eigenvalue weighted by Gasteiger charge is 2.05. The molecule has 0 aliphatic carbocycles. The fraction of sp³-hybridized carbons (Fsp3) is 0.211. The lowest BCUT2D eigenvalue weighted by molar-refractivity contribution is 0.0958.